The minimum Gasteiger partial charge on any atom is -0.352 e. The molecule has 6 nitrogen and oxygen atoms in total. The number of aromatic nitrogens is 2. The number of hydrogen-bond acceptors (Lipinski definition) is 3. The third-order valence-corrected chi connectivity index (χ3v) is 4.70. The molecule has 0 radical (unpaired) electrons. The van der Waals surface area contributed by atoms with Gasteiger partial charge in [-0.1, -0.05) is 30.9 Å². The minimum absolute atomic E-state index is 0.147. The molecule has 25 heavy (non-hydrogen) atoms. The van der Waals surface area contributed by atoms with Crippen molar-refractivity contribution in [1.29, 1.82) is 0 Å². The van der Waals surface area contributed by atoms with Crippen molar-refractivity contribution in [3.05, 3.63) is 62.4 Å². The standard InChI is InChI=1S/C18H20ClN3O3/c19-13-6-8-15(9-7-13)22-11-10-21(17(24)18(22)25)12-16(23)20-14-4-2-1-3-5-14/h6-11,14H,1-5,12H2,(H,20,23). The molecule has 0 saturated heterocycles. The van der Waals surface area contributed by atoms with Gasteiger partial charge in [0.1, 0.15) is 6.54 Å². The summed E-state index contributed by atoms with van der Waals surface area (Å²) in [5.74, 6) is -0.238. The first kappa shape index (κ1) is 17.5. The Labute approximate surface area is 150 Å². The van der Waals surface area contributed by atoms with E-state index in [9.17, 15) is 14.4 Å². The van der Waals surface area contributed by atoms with E-state index in [-0.39, 0.29) is 18.5 Å². The summed E-state index contributed by atoms with van der Waals surface area (Å²) in [6, 6.07) is 6.78. The second kappa shape index (κ2) is 7.70. The molecule has 1 aromatic heterocycles. The smallest absolute Gasteiger partial charge is 0.320 e. The van der Waals surface area contributed by atoms with Crippen LogP contribution in [0.1, 0.15) is 32.1 Å². The molecule has 1 fully saturated rings. The van der Waals surface area contributed by atoms with Crippen molar-refractivity contribution in [2.45, 2.75) is 44.7 Å². The van der Waals surface area contributed by atoms with Gasteiger partial charge in [-0.2, -0.15) is 0 Å². The van der Waals surface area contributed by atoms with Crippen molar-refractivity contribution in [1.82, 2.24) is 14.5 Å². The van der Waals surface area contributed by atoms with Crippen LogP contribution in [0.4, 0.5) is 0 Å². The highest BCUT2D eigenvalue weighted by atomic mass is 35.5. The van der Waals surface area contributed by atoms with Gasteiger partial charge in [0.25, 0.3) is 0 Å². The van der Waals surface area contributed by atoms with Crippen LogP contribution in [0.5, 0.6) is 0 Å². The summed E-state index contributed by atoms with van der Waals surface area (Å²) in [5.41, 5.74) is -0.878. The van der Waals surface area contributed by atoms with E-state index in [1.165, 1.54) is 23.4 Å². The zero-order valence-electron chi connectivity index (χ0n) is 13.8. The Morgan fingerprint density at radius 2 is 1.72 bits per heavy atom. The summed E-state index contributed by atoms with van der Waals surface area (Å²) in [6.07, 6.45) is 8.32. The summed E-state index contributed by atoms with van der Waals surface area (Å²) in [5, 5.41) is 3.49. The molecule has 0 atom stereocenters. The topological polar surface area (TPSA) is 73.1 Å². The average Bonchev–Trinajstić information content (AvgIpc) is 2.61. The van der Waals surface area contributed by atoms with Crippen LogP contribution >= 0.6 is 11.6 Å². The van der Waals surface area contributed by atoms with Crippen molar-refractivity contribution >= 4 is 17.5 Å². The van der Waals surface area contributed by atoms with Gasteiger partial charge in [-0.25, -0.2) is 0 Å². The fourth-order valence-electron chi connectivity index (χ4n) is 3.11. The predicted octanol–water partition coefficient (Wildman–Crippen LogP) is 2.10. The van der Waals surface area contributed by atoms with Gasteiger partial charge in [-0.3, -0.25) is 23.5 Å². The summed E-state index contributed by atoms with van der Waals surface area (Å²) >= 11 is 5.84. The fraction of sp³-hybridized carbons (Fsp3) is 0.389. The molecule has 0 spiro atoms. The van der Waals surface area contributed by atoms with Crippen molar-refractivity contribution in [2.75, 3.05) is 0 Å². The number of nitrogens with zero attached hydrogens (tertiary/aromatic N) is 2. The number of rotatable bonds is 4. The number of hydrogen-bond donors (Lipinski definition) is 1. The molecule has 1 amide bonds. The van der Waals surface area contributed by atoms with Crippen LogP contribution in [0.2, 0.25) is 5.02 Å². The number of nitrogens with one attached hydrogen (secondary N) is 1. The number of halogens is 1. The van der Waals surface area contributed by atoms with Gasteiger partial charge in [0, 0.05) is 29.1 Å². The van der Waals surface area contributed by atoms with Crippen LogP contribution in [-0.2, 0) is 11.3 Å². The highest BCUT2D eigenvalue weighted by Gasteiger charge is 2.16. The molecular weight excluding hydrogens is 342 g/mol. The summed E-state index contributed by atoms with van der Waals surface area (Å²) in [4.78, 5) is 36.7. The molecule has 1 aliphatic carbocycles. The van der Waals surface area contributed by atoms with Gasteiger partial charge >= 0.3 is 11.1 Å². The van der Waals surface area contributed by atoms with Gasteiger partial charge in [-0.05, 0) is 37.1 Å². The first-order valence-electron chi connectivity index (χ1n) is 8.42. The van der Waals surface area contributed by atoms with Gasteiger partial charge in [0.2, 0.25) is 5.91 Å². The maximum Gasteiger partial charge on any atom is 0.320 e. The third kappa shape index (κ3) is 4.20. The van der Waals surface area contributed by atoms with E-state index in [0.29, 0.717) is 10.7 Å². The van der Waals surface area contributed by atoms with Crippen LogP contribution in [-0.4, -0.2) is 21.1 Å². The summed E-state index contributed by atoms with van der Waals surface area (Å²) in [7, 11) is 0. The van der Waals surface area contributed by atoms with Gasteiger partial charge in [-0.15, -0.1) is 0 Å². The molecule has 0 bridgehead atoms. The molecular formula is C18H20ClN3O3. The number of amides is 1. The number of carbonyl (C=O) groups excluding carboxylic acids is 1. The lowest BCUT2D eigenvalue weighted by Crippen LogP contribution is -2.44. The van der Waals surface area contributed by atoms with Crippen LogP contribution < -0.4 is 16.4 Å². The molecule has 132 valence electrons. The SMILES string of the molecule is O=C(Cn1ccn(-c2ccc(Cl)cc2)c(=O)c1=O)NC1CCCCC1. The van der Waals surface area contributed by atoms with Crippen molar-refractivity contribution in [3.8, 4) is 5.69 Å². The quantitative estimate of drug-likeness (QED) is 0.847. The average molecular weight is 362 g/mol. The minimum atomic E-state index is -0.726. The maximum atomic E-state index is 12.3. The molecule has 0 aliphatic heterocycles. The Morgan fingerprint density at radius 1 is 1.04 bits per heavy atom. The van der Waals surface area contributed by atoms with E-state index >= 15 is 0 Å². The fourth-order valence-corrected chi connectivity index (χ4v) is 3.24. The maximum absolute atomic E-state index is 12.3. The predicted molar refractivity (Wildman–Crippen MR) is 96.3 cm³/mol. The Hall–Kier alpha value is -2.34. The molecule has 1 aliphatic rings. The molecule has 1 saturated carbocycles. The molecule has 2 aromatic rings. The Morgan fingerprint density at radius 3 is 2.40 bits per heavy atom. The van der Waals surface area contributed by atoms with Crippen molar-refractivity contribution in [2.24, 2.45) is 0 Å². The van der Waals surface area contributed by atoms with Gasteiger partial charge in [0.15, 0.2) is 0 Å². The third-order valence-electron chi connectivity index (χ3n) is 4.45. The molecule has 0 unspecified atom stereocenters. The lowest BCUT2D eigenvalue weighted by molar-refractivity contribution is -0.122. The molecule has 3 rings (SSSR count). The summed E-state index contributed by atoms with van der Waals surface area (Å²) in [6.45, 7) is -0.147. The van der Waals surface area contributed by atoms with E-state index in [2.05, 4.69) is 5.32 Å². The number of benzene rings is 1. The highest BCUT2D eigenvalue weighted by molar-refractivity contribution is 6.30. The first-order chi connectivity index (χ1) is 12.0. The monoisotopic (exact) mass is 361 g/mol. The second-order valence-corrected chi connectivity index (χ2v) is 6.72. The Kier molecular flexibility index (Phi) is 5.38. The van der Waals surface area contributed by atoms with Crippen LogP contribution in [0, 0.1) is 0 Å². The number of carbonyl (C=O) groups is 1. The Balaban J connectivity index is 1.76. The lowest BCUT2D eigenvalue weighted by Gasteiger charge is -2.22. The summed E-state index contributed by atoms with van der Waals surface area (Å²) < 4.78 is 2.39. The van der Waals surface area contributed by atoms with E-state index in [0.717, 1.165) is 30.3 Å². The Bertz CT molecular complexity index is 864. The zero-order chi connectivity index (χ0) is 17.8. The van der Waals surface area contributed by atoms with Crippen molar-refractivity contribution in [3.63, 3.8) is 0 Å². The van der Waals surface area contributed by atoms with E-state index in [4.69, 9.17) is 11.6 Å². The van der Waals surface area contributed by atoms with Gasteiger partial charge in [0.05, 0.1) is 0 Å². The van der Waals surface area contributed by atoms with Crippen LogP contribution in [0.3, 0.4) is 0 Å². The van der Waals surface area contributed by atoms with E-state index in [1.807, 2.05) is 0 Å². The second-order valence-electron chi connectivity index (χ2n) is 6.29. The molecule has 1 N–H and O–H groups in total. The van der Waals surface area contributed by atoms with E-state index in [1.54, 1.807) is 24.3 Å². The van der Waals surface area contributed by atoms with Crippen LogP contribution in [0.25, 0.3) is 5.69 Å². The highest BCUT2D eigenvalue weighted by Crippen LogP contribution is 2.17. The van der Waals surface area contributed by atoms with Crippen LogP contribution in [0.15, 0.2) is 46.2 Å². The van der Waals surface area contributed by atoms with E-state index < -0.39 is 11.1 Å². The molecule has 7 heteroatoms. The molecule has 1 heterocycles. The zero-order valence-corrected chi connectivity index (χ0v) is 14.5. The van der Waals surface area contributed by atoms with Gasteiger partial charge < -0.3 is 5.32 Å². The lowest BCUT2D eigenvalue weighted by atomic mass is 9.95. The van der Waals surface area contributed by atoms with Crippen molar-refractivity contribution < 1.29 is 4.79 Å². The molecule has 1 aromatic carbocycles. The first-order valence-corrected chi connectivity index (χ1v) is 8.80. The largest absolute Gasteiger partial charge is 0.352 e. The normalized spacial score (nSPS) is 15.1.